The molecule has 0 spiro atoms. The van der Waals surface area contributed by atoms with Crippen molar-refractivity contribution in [3.63, 3.8) is 0 Å². The molecule has 2 aromatic heterocycles. The molecule has 2 heterocycles. The number of unbranched alkanes of at least 4 members (excludes halogenated alkanes) is 1. The van der Waals surface area contributed by atoms with Crippen LogP contribution in [0.4, 0.5) is 0 Å². The van der Waals surface area contributed by atoms with Crippen molar-refractivity contribution >= 4 is 11.3 Å². The highest BCUT2D eigenvalue weighted by Gasteiger charge is 2.09. The Morgan fingerprint density at radius 2 is 2.24 bits per heavy atom. The largest absolute Gasteiger partial charge is 0.330 e. The highest BCUT2D eigenvalue weighted by atomic mass is 32.1. The Labute approximate surface area is 105 Å². The smallest absolute Gasteiger partial charge is 0.0932 e. The lowest BCUT2D eigenvalue weighted by atomic mass is 10.2. The van der Waals surface area contributed by atoms with Gasteiger partial charge >= 0.3 is 0 Å². The summed E-state index contributed by atoms with van der Waals surface area (Å²) in [7, 11) is 1.94. The molecule has 92 valence electrons. The molecule has 0 unspecified atom stereocenters. The van der Waals surface area contributed by atoms with Crippen LogP contribution in [0.5, 0.6) is 0 Å². The number of aryl methyl sites for hydroxylation is 3. The van der Waals surface area contributed by atoms with E-state index in [2.05, 4.69) is 15.5 Å². The second-order valence-corrected chi connectivity index (χ2v) is 5.12. The van der Waals surface area contributed by atoms with E-state index in [4.69, 9.17) is 5.73 Å². The molecule has 2 rings (SSSR count). The fourth-order valence-corrected chi connectivity index (χ4v) is 2.66. The highest BCUT2D eigenvalue weighted by molar-refractivity contribution is 7.09. The predicted octanol–water partition coefficient (Wildman–Crippen LogP) is 2.13. The van der Waals surface area contributed by atoms with Crippen LogP contribution in [0.2, 0.25) is 0 Å². The van der Waals surface area contributed by atoms with Crippen molar-refractivity contribution in [2.24, 2.45) is 12.8 Å². The number of thiazole rings is 1. The monoisotopic (exact) mass is 250 g/mol. The average Bonchev–Trinajstić information content (AvgIpc) is 2.86. The van der Waals surface area contributed by atoms with Gasteiger partial charge in [-0.25, -0.2) is 4.98 Å². The maximum atomic E-state index is 5.48. The summed E-state index contributed by atoms with van der Waals surface area (Å²) >= 11 is 1.72. The molecule has 0 bridgehead atoms. The zero-order valence-corrected chi connectivity index (χ0v) is 11.1. The quantitative estimate of drug-likeness (QED) is 0.827. The Hall–Kier alpha value is -1.20. The molecule has 0 saturated carbocycles. The van der Waals surface area contributed by atoms with Crippen LogP contribution in [-0.2, 0) is 13.5 Å². The maximum Gasteiger partial charge on any atom is 0.0932 e. The van der Waals surface area contributed by atoms with Gasteiger partial charge in [0, 0.05) is 24.2 Å². The first kappa shape index (κ1) is 12.3. The van der Waals surface area contributed by atoms with E-state index in [0.717, 1.165) is 42.8 Å². The zero-order chi connectivity index (χ0) is 12.3. The molecule has 0 aromatic carbocycles. The summed E-state index contributed by atoms with van der Waals surface area (Å²) in [5, 5.41) is 7.64. The third-order valence-electron chi connectivity index (χ3n) is 2.69. The Morgan fingerprint density at radius 1 is 1.41 bits per heavy atom. The number of nitrogens with two attached hydrogens (primary N) is 1. The van der Waals surface area contributed by atoms with Crippen LogP contribution >= 0.6 is 11.3 Å². The molecule has 17 heavy (non-hydrogen) atoms. The van der Waals surface area contributed by atoms with E-state index >= 15 is 0 Å². The van der Waals surface area contributed by atoms with E-state index < -0.39 is 0 Å². The summed E-state index contributed by atoms with van der Waals surface area (Å²) in [5.74, 6) is 0. The van der Waals surface area contributed by atoms with Gasteiger partial charge in [0.2, 0.25) is 0 Å². The zero-order valence-electron chi connectivity index (χ0n) is 10.3. The molecule has 5 heteroatoms. The van der Waals surface area contributed by atoms with Gasteiger partial charge in [-0.2, -0.15) is 5.10 Å². The Balaban J connectivity index is 2.10. The lowest BCUT2D eigenvalue weighted by molar-refractivity contribution is 0.742. The van der Waals surface area contributed by atoms with Crippen LogP contribution in [0, 0.1) is 6.92 Å². The van der Waals surface area contributed by atoms with Crippen molar-refractivity contribution in [3.05, 3.63) is 22.3 Å². The molecule has 2 aromatic rings. The van der Waals surface area contributed by atoms with Crippen molar-refractivity contribution in [3.8, 4) is 11.3 Å². The number of aromatic nitrogens is 3. The summed E-state index contributed by atoms with van der Waals surface area (Å²) in [6, 6.07) is 0. The van der Waals surface area contributed by atoms with Crippen LogP contribution < -0.4 is 5.73 Å². The third kappa shape index (κ3) is 2.92. The summed E-state index contributed by atoms with van der Waals surface area (Å²) in [5.41, 5.74) is 8.70. The van der Waals surface area contributed by atoms with Gasteiger partial charge in [-0.3, -0.25) is 4.68 Å². The minimum absolute atomic E-state index is 0.764. The van der Waals surface area contributed by atoms with Crippen molar-refractivity contribution in [1.82, 2.24) is 14.8 Å². The molecule has 0 saturated heterocycles. The topological polar surface area (TPSA) is 56.7 Å². The van der Waals surface area contributed by atoms with Crippen LogP contribution in [-0.4, -0.2) is 21.3 Å². The SMILES string of the molecule is Cc1nn(C)cc1-c1csc(CCCCN)n1. The molecule has 0 aliphatic rings. The summed E-state index contributed by atoms with van der Waals surface area (Å²) < 4.78 is 1.83. The van der Waals surface area contributed by atoms with E-state index in [1.165, 1.54) is 5.01 Å². The van der Waals surface area contributed by atoms with E-state index in [9.17, 15) is 0 Å². The maximum absolute atomic E-state index is 5.48. The number of hydrogen-bond acceptors (Lipinski definition) is 4. The minimum Gasteiger partial charge on any atom is -0.330 e. The molecule has 0 aliphatic heterocycles. The summed E-state index contributed by atoms with van der Waals surface area (Å²) in [6.45, 7) is 2.78. The van der Waals surface area contributed by atoms with Gasteiger partial charge < -0.3 is 5.73 Å². The molecule has 0 atom stereocenters. The fraction of sp³-hybridized carbons (Fsp3) is 0.500. The summed E-state index contributed by atoms with van der Waals surface area (Å²) in [6.07, 6.45) is 5.24. The van der Waals surface area contributed by atoms with Gasteiger partial charge in [0.15, 0.2) is 0 Å². The van der Waals surface area contributed by atoms with Crippen LogP contribution in [0.3, 0.4) is 0 Å². The lowest BCUT2D eigenvalue weighted by Gasteiger charge is -1.94. The van der Waals surface area contributed by atoms with E-state index in [0.29, 0.717) is 0 Å². The Kier molecular flexibility index (Phi) is 3.91. The highest BCUT2D eigenvalue weighted by Crippen LogP contribution is 2.24. The van der Waals surface area contributed by atoms with E-state index in [1.54, 1.807) is 11.3 Å². The van der Waals surface area contributed by atoms with Gasteiger partial charge in [0.1, 0.15) is 0 Å². The molecule has 2 N–H and O–H groups in total. The van der Waals surface area contributed by atoms with Crippen molar-refractivity contribution in [1.29, 1.82) is 0 Å². The minimum atomic E-state index is 0.764. The van der Waals surface area contributed by atoms with Crippen LogP contribution in [0.1, 0.15) is 23.5 Å². The molecule has 0 radical (unpaired) electrons. The Bertz CT molecular complexity index is 486. The van der Waals surface area contributed by atoms with Gasteiger partial charge in [-0.1, -0.05) is 0 Å². The molecule has 0 fully saturated rings. The van der Waals surface area contributed by atoms with E-state index in [-0.39, 0.29) is 0 Å². The van der Waals surface area contributed by atoms with Crippen LogP contribution in [0.15, 0.2) is 11.6 Å². The average molecular weight is 250 g/mol. The first-order valence-electron chi connectivity index (χ1n) is 5.86. The fourth-order valence-electron chi connectivity index (χ4n) is 1.82. The second-order valence-electron chi connectivity index (χ2n) is 4.17. The van der Waals surface area contributed by atoms with Gasteiger partial charge in [0.05, 0.1) is 16.4 Å². The number of rotatable bonds is 5. The second kappa shape index (κ2) is 5.42. The summed E-state index contributed by atoms with van der Waals surface area (Å²) in [4.78, 5) is 4.65. The van der Waals surface area contributed by atoms with Gasteiger partial charge in [-0.05, 0) is 32.7 Å². The number of nitrogens with zero attached hydrogens (tertiary/aromatic N) is 3. The van der Waals surface area contributed by atoms with Crippen LogP contribution in [0.25, 0.3) is 11.3 Å². The van der Waals surface area contributed by atoms with Crippen molar-refractivity contribution in [2.45, 2.75) is 26.2 Å². The molecular weight excluding hydrogens is 232 g/mol. The lowest BCUT2D eigenvalue weighted by Crippen LogP contribution is -1.98. The van der Waals surface area contributed by atoms with Gasteiger partial charge in [0.25, 0.3) is 0 Å². The van der Waals surface area contributed by atoms with Crippen molar-refractivity contribution in [2.75, 3.05) is 6.54 Å². The first-order chi connectivity index (χ1) is 8.20. The van der Waals surface area contributed by atoms with E-state index in [1.807, 2.05) is 24.9 Å². The molecule has 0 amide bonds. The standard InChI is InChI=1S/C12H18N4S/c1-9-10(7-16(2)15-9)11-8-17-12(14-11)5-3-4-6-13/h7-8H,3-6,13H2,1-2H3. The first-order valence-corrected chi connectivity index (χ1v) is 6.73. The number of hydrogen-bond donors (Lipinski definition) is 1. The van der Waals surface area contributed by atoms with Crippen molar-refractivity contribution < 1.29 is 0 Å². The third-order valence-corrected chi connectivity index (χ3v) is 3.59. The molecule has 0 aliphatic carbocycles. The van der Waals surface area contributed by atoms with Gasteiger partial charge in [-0.15, -0.1) is 11.3 Å². The Morgan fingerprint density at radius 3 is 2.88 bits per heavy atom. The molecular formula is C12H18N4S. The predicted molar refractivity (Wildman–Crippen MR) is 71.0 cm³/mol. The normalized spacial score (nSPS) is 11.0. The molecule has 4 nitrogen and oxygen atoms in total.